The van der Waals surface area contributed by atoms with Gasteiger partial charge in [0, 0.05) is 17.5 Å². The van der Waals surface area contributed by atoms with Crippen molar-refractivity contribution in [3.8, 4) is 0 Å². The third-order valence-electron chi connectivity index (χ3n) is 7.21. The lowest BCUT2D eigenvalue weighted by atomic mass is 9.94. The molecule has 0 spiro atoms. The summed E-state index contributed by atoms with van der Waals surface area (Å²) in [6.45, 7) is 6.69. The van der Waals surface area contributed by atoms with Gasteiger partial charge in [0.15, 0.2) is 5.16 Å². The Bertz CT molecular complexity index is 1280. The fourth-order valence-electron chi connectivity index (χ4n) is 5.45. The summed E-state index contributed by atoms with van der Waals surface area (Å²) in [6, 6.07) is 0.176. The molecule has 1 amide bonds. The molecule has 9 heteroatoms. The molecule has 0 unspecified atom stereocenters. The van der Waals surface area contributed by atoms with Crippen LogP contribution in [0.3, 0.4) is 0 Å². The molecule has 7 nitrogen and oxygen atoms in total. The minimum atomic E-state index is -0.0955. The summed E-state index contributed by atoms with van der Waals surface area (Å²) in [6.07, 6.45) is 9.89. The Hall–Kier alpha value is -2.13. The van der Waals surface area contributed by atoms with Crippen LogP contribution in [0.4, 0.5) is 5.69 Å². The van der Waals surface area contributed by atoms with Crippen LogP contribution in [0.5, 0.6) is 0 Å². The maximum absolute atomic E-state index is 13.8. The molecule has 0 saturated heterocycles. The lowest BCUT2D eigenvalue weighted by Gasteiger charge is -2.26. The van der Waals surface area contributed by atoms with Crippen LogP contribution in [0.25, 0.3) is 10.2 Å². The zero-order chi connectivity index (χ0) is 23.8. The van der Waals surface area contributed by atoms with Crippen LogP contribution in [-0.2, 0) is 24.2 Å². The molecule has 1 saturated carbocycles. The number of thioether (sulfide) groups is 1. The number of hydrogen-bond acceptors (Lipinski definition) is 6. The van der Waals surface area contributed by atoms with E-state index in [2.05, 4.69) is 10.4 Å². The van der Waals surface area contributed by atoms with E-state index in [1.54, 1.807) is 11.3 Å². The third kappa shape index (κ3) is 4.33. The largest absolute Gasteiger partial charge is 0.322 e. The number of thiophene rings is 1. The highest BCUT2D eigenvalue weighted by atomic mass is 32.2. The molecular formula is C25H33N5O2S2. The number of nitrogens with zero attached hydrogens (tertiary/aromatic N) is 4. The molecule has 0 aromatic carbocycles. The number of amides is 1. The van der Waals surface area contributed by atoms with Gasteiger partial charge in [-0.1, -0.05) is 31.0 Å². The molecule has 182 valence electrons. The fraction of sp³-hybridized carbons (Fsp3) is 0.600. The van der Waals surface area contributed by atoms with E-state index >= 15 is 0 Å². The van der Waals surface area contributed by atoms with E-state index in [-0.39, 0.29) is 23.3 Å². The summed E-state index contributed by atoms with van der Waals surface area (Å²) in [4.78, 5) is 33.9. The van der Waals surface area contributed by atoms with Gasteiger partial charge in [-0.15, -0.1) is 11.3 Å². The predicted molar refractivity (Wildman–Crippen MR) is 139 cm³/mol. The van der Waals surface area contributed by atoms with E-state index in [0.717, 1.165) is 78.8 Å². The van der Waals surface area contributed by atoms with Crippen LogP contribution in [0.1, 0.15) is 79.7 Å². The van der Waals surface area contributed by atoms with E-state index in [4.69, 9.17) is 4.98 Å². The molecule has 34 heavy (non-hydrogen) atoms. The summed E-state index contributed by atoms with van der Waals surface area (Å²) in [7, 11) is 0. The first-order chi connectivity index (χ1) is 16.5. The number of fused-ring (bicyclic) bond motifs is 3. The van der Waals surface area contributed by atoms with Gasteiger partial charge in [0.2, 0.25) is 5.91 Å². The second kappa shape index (κ2) is 9.85. The van der Waals surface area contributed by atoms with E-state index in [9.17, 15) is 9.59 Å². The minimum absolute atomic E-state index is 0.0955. The molecule has 1 fully saturated rings. The Morgan fingerprint density at radius 1 is 1.15 bits per heavy atom. The first-order valence-corrected chi connectivity index (χ1v) is 14.3. The Morgan fingerprint density at radius 3 is 2.65 bits per heavy atom. The fourth-order valence-corrected chi connectivity index (χ4v) is 7.62. The van der Waals surface area contributed by atoms with Crippen LogP contribution in [0.15, 0.2) is 9.95 Å². The van der Waals surface area contributed by atoms with Gasteiger partial charge in [-0.2, -0.15) is 5.10 Å². The van der Waals surface area contributed by atoms with E-state index < -0.39 is 0 Å². The van der Waals surface area contributed by atoms with Gasteiger partial charge in [-0.3, -0.25) is 18.8 Å². The Morgan fingerprint density at radius 2 is 1.91 bits per heavy atom. The summed E-state index contributed by atoms with van der Waals surface area (Å²) in [5, 5.41) is 9.07. The summed E-state index contributed by atoms with van der Waals surface area (Å²) >= 11 is 3.07. The average Bonchev–Trinajstić information content (AvgIpc) is 3.35. The molecule has 2 aliphatic carbocycles. The van der Waals surface area contributed by atoms with Crippen molar-refractivity contribution in [2.24, 2.45) is 0 Å². The molecule has 2 aliphatic rings. The van der Waals surface area contributed by atoms with Crippen LogP contribution in [0.2, 0.25) is 0 Å². The standard InChI is InChI=1S/C25H33N5O2S2/c1-4-29-16(3)22(15(2)28-29)26-20(31)14-33-25-27-23-21(18-12-8-9-13-19(18)34-23)24(32)30(25)17-10-6-5-7-11-17/h17H,4-14H2,1-3H3,(H,26,31). The smallest absolute Gasteiger partial charge is 0.263 e. The zero-order valence-electron chi connectivity index (χ0n) is 20.3. The molecular weight excluding hydrogens is 466 g/mol. The van der Waals surface area contributed by atoms with Gasteiger partial charge in [-0.25, -0.2) is 4.98 Å². The maximum atomic E-state index is 13.8. The highest BCUT2D eigenvalue weighted by Gasteiger charge is 2.26. The monoisotopic (exact) mass is 499 g/mol. The SMILES string of the molecule is CCn1nc(C)c(NC(=O)CSc2nc3sc4c(c3c(=O)n2C2CCCCC2)CCCC4)c1C. The van der Waals surface area contributed by atoms with E-state index in [1.165, 1.54) is 35.0 Å². The van der Waals surface area contributed by atoms with Crippen LogP contribution >= 0.6 is 23.1 Å². The van der Waals surface area contributed by atoms with Gasteiger partial charge >= 0.3 is 0 Å². The summed E-state index contributed by atoms with van der Waals surface area (Å²) in [5.41, 5.74) is 3.91. The molecule has 3 heterocycles. The van der Waals surface area contributed by atoms with Gasteiger partial charge < -0.3 is 5.32 Å². The van der Waals surface area contributed by atoms with Gasteiger partial charge in [0.1, 0.15) is 4.83 Å². The lowest BCUT2D eigenvalue weighted by molar-refractivity contribution is -0.113. The highest BCUT2D eigenvalue weighted by Crippen LogP contribution is 2.37. The Balaban J connectivity index is 1.45. The van der Waals surface area contributed by atoms with Crippen molar-refractivity contribution < 1.29 is 4.79 Å². The van der Waals surface area contributed by atoms with Crippen molar-refractivity contribution in [3.05, 3.63) is 32.2 Å². The Labute approximate surface area is 208 Å². The number of carbonyl (C=O) groups excluding carboxylic acids is 1. The maximum Gasteiger partial charge on any atom is 0.263 e. The van der Waals surface area contributed by atoms with Gasteiger partial charge in [0.05, 0.1) is 28.2 Å². The second-order valence-electron chi connectivity index (χ2n) is 9.45. The third-order valence-corrected chi connectivity index (χ3v) is 9.34. The van der Waals surface area contributed by atoms with Crippen LogP contribution < -0.4 is 10.9 Å². The summed E-state index contributed by atoms with van der Waals surface area (Å²) < 4.78 is 3.83. The number of hydrogen-bond donors (Lipinski definition) is 1. The molecule has 1 N–H and O–H groups in total. The van der Waals surface area contributed by atoms with Crippen molar-refractivity contribution >= 4 is 44.9 Å². The normalized spacial score (nSPS) is 16.7. The van der Waals surface area contributed by atoms with E-state index in [0.29, 0.717) is 5.16 Å². The lowest BCUT2D eigenvalue weighted by Crippen LogP contribution is -2.29. The second-order valence-corrected chi connectivity index (χ2v) is 11.5. The number of aryl methyl sites for hydroxylation is 4. The first-order valence-electron chi connectivity index (χ1n) is 12.5. The molecule has 0 aliphatic heterocycles. The number of rotatable bonds is 6. The van der Waals surface area contributed by atoms with Crippen molar-refractivity contribution in [2.75, 3.05) is 11.1 Å². The number of nitrogens with one attached hydrogen (secondary N) is 1. The molecule has 5 rings (SSSR count). The van der Waals surface area contributed by atoms with Crippen LogP contribution in [-0.4, -0.2) is 31.0 Å². The number of anilines is 1. The quantitative estimate of drug-likeness (QED) is 0.362. The molecule has 3 aromatic heterocycles. The summed E-state index contributed by atoms with van der Waals surface area (Å²) in [5.74, 6) is 0.119. The van der Waals surface area contributed by atoms with Gasteiger partial charge in [0.25, 0.3) is 5.56 Å². The minimum Gasteiger partial charge on any atom is -0.322 e. The number of aromatic nitrogens is 4. The first kappa shape index (κ1) is 23.6. The van der Waals surface area contributed by atoms with Crippen molar-refractivity contribution in [2.45, 2.75) is 96.3 Å². The molecule has 3 aromatic rings. The van der Waals surface area contributed by atoms with Crippen molar-refractivity contribution in [1.82, 2.24) is 19.3 Å². The molecule has 0 atom stereocenters. The predicted octanol–water partition coefficient (Wildman–Crippen LogP) is 5.41. The zero-order valence-corrected chi connectivity index (χ0v) is 21.9. The average molecular weight is 500 g/mol. The van der Waals surface area contributed by atoms with Crippen LogP contribution in [0, 0.1) is 13.8 Å². The molecule has 0 radical (unpaired) electrons. The van der Waals surface area contributed by atoms with Gasteiger partial charge in [-0.05, 0) is 64.9 Å². The van der Waals surface area contributed by atoms with Crippen molar-refractivity contribution in [3.63, 3.8) is 0 Å². The molecule has 0 bridgehead atoms. The number of carbonyl (C=O) groups is 1. The topological polar surface area (TPSA) is 81.8 Å². The van der Waals surface area contributed by atoms with Crippen molar-refractivity contribution in [1.29, 1.82) is 0 Å². The Kier molecular flexibility index (Phi) is 6.84. The highest BCUT2D eigenvalue weighted by molar-refractivity contribution is 7.99. The van der Waals surface area contributed by atoms with E-state index in [1.807, 2.05) is 30.0 Å².